The van der Waals surface area contributed by atoms with Crippen molar-refractivity contribution in [3.05, 3.63) is 65.7 Å². The van der Waals surface area contributed by atoms with Crippen LogP contribution in [0.25, 0.3) is 0 Å². The number of aliphatic carboxylic acids is 1. The van der Waals surface area contributed by atoms with Gasteiger partial charge in [-0.3, -0.25) is 9.59 Å². The lowest BCUT2D eigenvalue weighted by Gasteiger charge is -2.21. The molecule has 2 aromatic carbocycles. The third-order valence-electron chi connectivity index (χ3n) is 5.30. The fraction of sp³-hybridized carbons (Fsp3) is 0.364. The molecule has 0 aromatic heterocycles. The Morgan fingerprint density at radius 1 is 1.11 bits per heavy atom. The number of carboxylic acids is 1. The molecule has 142 valence electrons. The summed E-state index contributed by atoms with van der Waals surface area (Å²) < 4.78 is 5.16. The van der Waals surface area contributed by atoms with Crippen molar-refractivity contribution in [2.75, 3.05) is 20.2 Å². The first-order chi connectivity index (χ1) is 13.0. The fourth-order valence-corrected chi connectivity index (χ4v) is 3.79. The lowest BCUT2D eigenvalue weighted by atomic mass is 9.89. The summed E-state index contributed by atoms with van der Waals surface area (Å²) in [6, 6.07) is 17.3. The molecule has 27 heavy (non-hydrogen) atoms. The molecule has 3 rings (SSSR count). The number of carbonyl (C=O) groups is 2. The van der Waals surface area contributed by atoms with Gasteiger partial charge in [-0.05, 0) is 29.7 Å². The van der Waals surface area contributed by atoms with Crippen LogP contribution in [0.5, 0.6) is 5.75 Å². The van der Waals surface area contributed by atoms with Crippen LogP contribution in [0.15, 0.2) is 54.6 Å². The second-order valence-corrected chi connectivity index (χ2v) is 7.16. The Bertz CT molecular complexity index is 788. The van der Waals surface area contributed by atoms with E-state index in [1.54, 1.807) is 12.0 Å². The van der Waals surface area contributed by atoms with Crippen LogP contribution in [0, 0.1) is 11.8 Å². The van der Waals surface area contributed by atoms with Crippen molar-refractivity contribution in [1.29, 1.82) is 0 Å². The van der Waals surface area contributed by atoms with Crippen molar-refractivity contribution < 1.29 is 19.4 Å². The first-order valence-corrected chi connectivity index (χ1v) is 9.19. The van der Waals surface area contributed by atoms with Crippen LogP contribution in [0.4, 0.5) is 0 Å². The summed E-state index contributed by atoms with van der Waals surface area (Å²) in [7, 11) is 1.62. The van der Waals surface area contributed by atoms with E-state index in [1.807, 2.05) is 61.5 Å². The van der Waals surface area contributed by atoms with Gasteiger partial charge in [-0.2, -0.15) is 0 Å². The van der Waals surface area contributed by atoms with Crippen LogP contribution in [-0.2, 0) is 16.0 Å². The molecule has 0 saturated carbocycles. The fourth-order valence-electron chi connectivity index (χ4n) is 3.79. The third-order valence-corrected chi connectivity index (χ3v) is 5.30. The minimum absolute atomic E-state index is 0.00972. The summed E-state index contributed by atoms with van der Waals surface area (Å²) in [5.74, 6) is -0.988. The van der Waals surface area contributed by atoms with E-state index in [0.29, 0.717) is 13.0 Å². The van der Waals surface area contributed by atoms with Crippen LogP contribution < -0.4 is 4.74 Å². The number of hydrogen-bond acceptors (Lipinski definition) is 3. The standard InChI is InChI=1S/C22H25NO4/c1-15(12-16-8-10-18(27-2)11-9-16)21(24)23-13-19(20(14-23)22(25)26)17-6-4-3-5-7-17/h3-11,15,19-20H,12-14H2,1-2H3,(H,25,26). The highest BCUT2D eigenvalue weighted by molar-refractivity contribution is 5.81. The first kappa shape index (κ1) is 19.0. The predicted molar refractivity (Wildman–Crippen MR) is 103 cm³/mol. The molecule has 1 fully saturated rings. The Hall–Kier alpha value is -2.82. The summed E-state index contributed by atoms with van der Waals surface area (Å²) in [4.78, 5) is 26.4. The number of nitrogens with zero attached hydrogens (tertiary/aromatic N) is 1. The largest absolute Gasteiger partial charge is 0.497 e. The molecule has 5 nitrogen and oxygen atoms in total. The maximum atomic E-state index is 12.9. The second-order valence-electron chi connectivity index (χ2n) is 7.16. The molecule has 1 saturated heterocycles. The van der Waals surface area contributed by atoms with E-state index in [9.17, 15) is 14.7 Å². The number of hydrogen-bond donors (Lipinski definition) is 1. The van der Waals surface area contributed by atoms with Gasteiger partial charge in [0.05, 0.1) is 13.0 Å². The molecule has 2 aromatic rings. The quantitative estimate of drug-likeness (QED) is 0.851. The lowest BCUT2D eigenvalue weighted by Crippen LogP contribution is -2.35. The summed E-state index contributed by atoms with van der Waals surface area (Å²) in [6.07, 6.45) is 0.618. The van der Waals surface area contributed by atoms with Crippen LogP contribution in [0.1, 0.15) is 24.0 Å². The van der Waals surface area contributed by atoms with E-state index in [-0.39, 0.29) is 24.3 Å². The van der Waals surface area contributed by atoms with Gasteiger partial charge < -0.3 is 14.7 Å². The van der Waals surface area contributed by atoms with E-state index >= 15 is 0 Å². The summed E-state index contributed by atoms with van der Waals surface area (Å²) in [5, 5.41) is 9.62. The van der Waals surface area contributed by atoms with Crippen molar-refractivity contribution in [3.63, 3.8) is 0 Å². The number of carboxylic acid groups (broad SMARTS) is 1. The molecule has 1 aliphatic heterocycles. The number of rotatable bonds is 6. The maximum Gasteiger partial charge on any atom is 0.308 e. The molecule has 1 heterocycles. The van der Waals surface area contributed by atoms with E-state index in [1.165, 1.54) is 0 Å². The smallest absolute Gasteiger partial charge is 0.308 e. The second kappa shape index (κ2) is 8.25. The van der Waals surface area contributed by atoms with E-state index < -0.39 is 11.9 Å². The third kappa shape index (κ3) is 4.30. The molecule has 0 bridgehead atoms. The Kier molecular flexibility index (Phi) is 5.79. The first-order valence-electron chi connectivity index (χ1n) is 9.19. The van der Waals surface area contributed by atoms with Crippen LogP contribution in [-0.4, -0.2) is 42.1 Å². The highest BCUT2D eigenvalue weighted by Gasteiger charge is 2.41. The molecule has 0 spiro atoms. The zero-order valence-electron chi connectivity index (χ0n) is 15.7. The number of amides is 1. The summed E-state index contributed by atoms with van der Waals surface area (Å²) in [5.41, 5.74) is 2.04. The lowest BCUT2D eigenvalue weighted by molar-refractivity contribution is -0.142. The zero-order valence-corrected chi connectivity index (χ0v) is 15.7. The van der Waals surface area contributed by atoms with E-state index in [4.69, 9.17) is 4.74 Å². The monoisotopic (exact) mass is 367 g/mol. The van der Waals surface area contributed by atoms with Gasteiger partial charge in [-0.1, -0.05) is 49.4 Å². The van der Waals surface area contributed by atoms with Crippen LogP contribution in [0.2, 0.25) is 0 Å². The molecule has 5 heteroatoms. The van der Waals surface area contributed by atoms with Gasteiger partial charge in [-0.25, -0.2) is 0 Å². The van der Waals surface area contributed by atoms with E-state index in [0.717, 1.165) is 16.9 Å². The predicted octanol–water partition coefficient (Wildman–Crippen LogP) is 3.20. The minimum atomic E-state index is -0.845. The molecule has 0 aliphatic carbocycles. The number of benzene rings is 2. The Morgan fingerprint density at radius 3 is 2.37 bits per heavy atom. The van der Waals surface area contributed by atoms with Crippen molar-refractivity contribution in [2.45, 2.75) is 19.3 Å². The number of methoxy groups -OCH3 is 1. The molecule has 3 unspecified atom stereocenters. The summed E-state index contributed by atoms with van der Waals surface area (Å²) >= 11 is 0. The van der Waals surface area contributed by atoms with Crippen LogP contribution >= 0.6 is 0 Å². The number of carbonyl (C=O) groups excluding carboxylic acids is 1. The average Bonchev–Trinajstić information content (AvgIpc) is 3.14. The highest BCUT2D eigenvalue weighted by atomic mass is 16.5. The van der Waals surface area contributed by atoms with Crippen molar-refractivity contribution in [2.24, 2.45) is 11.8 Å². The molecular weight excluding hydrogens is 342 g/mol. The SMILES string of the molecule is COc1ccc(CC(C)C(=O)N2CC(C(=O)O)C(c3ccccc3)C2)cc1. The number of ether oxygens (including phenoxy) is 1. The molecule has 3 atom stereocenters. The van der Waals surface area contributed by atoms with Crippen molar-refractivity contribution in [1.82, 2.24) is 4.90 Å². The molecule has 1 amide bonds. The van der Waals surface area contributed by atoms with Gasteiger partial charge in [0, 0.05) is 24.9 Å². The normalized spacial score (nSPS) is 20.3. The number of likely N-dealkylation sites (tertiary alicyclic amines) is 1. The maximum absolute atomic E-state index is 12.9. The summed E-state index contributed by atoms with van der Waals surface area (Å²) in [6.45, 7) is 2.62. The molecule has 1 aliphatic rings. The topological polar surface area (TPSA) is 66.8 Å². The Labute approximate surface area is 159 Å². The van der Waals surface area contributed by atoms with Gasteiger partial charge >= 0.3 is 5.97 Å². The Morgan fingerprint density at radius 2 is 1.78 bits per heavy atom. The molecular formula is C22H25NO4. The Balaban J connectivity index is 1.69. The molecule has 1 N–H and O–H groups in total. The van der Waals surface area contributed by atoms with E-state index in [2.05, 4.69) is 0 Å². The van der Waals surface area contributed by atoms with Crippen molar-refractivity contribution in [3.8, 4) is 5.75 Å². The van der Waals surface area contributed by atoms with Crippen LogP contribution in [0.3, 0.4) is 0 Å². The highest BCUT2D eigenvalue weighted by Crippen LogP contribution is 2.33. The zero-order chi connectivity index (χ0) is 19.4. The molecule has 0 radical (unpaired) electrons. The van der Waals surface area contributed by atoms with Gasteiger partial charge in [-0.15, -0.1) is 0 Å². The van der Waals surface area contributed by atoms with Gasteiger partial charge in [0.15, 0.2) is 0 Å². The van der Waals surface area contributed by atoms with Crippen molar-refractivity contribution >= 4 is 11.9 Å². The van der Waals surface area contributed by atoms with Gasteiger partial charge in [0.2, 0.25) is 5.91 Å². The van der Waals surface area contributed by atoms with Gasteiger partial charge in [0.25, 0.3) is 0 Å². The minimum Gasteiger partial charge on any atom is -0.497 e. The van der Waals surface area contributed by atoms with Gasteiger partial charge in [0.1, 0.15) is 5.75 Å². The average molecular weight is 367 g/mol.